The Morgan fingerprint density at radius 3 is 2.62 bits per heavy atom. The Kier molecular flexibility index (Phi) is 2.97. The molecule has 0 heterocycles. The zero-order chi connectivity index (χ0) is 11.6. The molecule has 0 bridgehead atoms. The maximum Gasteiger partial charge on any atom is 0.251 e. The fourth-order valence-electron chi connectivity index (χ4n) is 1.80. The average molecular weight is 219 g/mol. The minimum atomic E-state index is -0.759. The molecular weight excluding hydrogens is 202 g/mol. The van der Waals surface area contributed by atoms with Crippen LogP contribution in [0.15, 0.2) is 30.3 Å². The monoisotopic (exact) mass is 219 g/mol. The number of hydrogen-bond acceptors (Lipinski definition) is 2. The van der Waals surface area contributed by atoms with Gasteiger partial charge >= 0.3 is 0 Å². The van der Waals surface area contributed by atoms with Crippen LogP contribution in [0.4, 0.5) is 0 Å². The second-order valence-corrected chi connectivity index (χ2v) is 4.68. The van der Waals surface area contributed by atoms with Crippen LogP contribution in [0, 0.1) is 5.92 Å². The Morgan fingerprint density at radius 1 is 1.44 bits per heavy atom. The Labute approximate surface area is 95.5 Å². The topological polar surface area (TPSA) is 49.3 Å². The third-order valence-electron chi connectivity index (χ3n) is 3.10. The highest BCUT2D eigenvalue weighted by molar-refractivity contribution is 5.94. The van der Waals surface area contributed by atoms with Gasteiger partial charge in [0.2, 0.25) is 0 Å². The smallest absolute Gasteiger partial charge is 0.251 e. The van der Waals surface area contributed by atoms with E-state index in [2.05, 4.69) is 5.32 Å². The predicted molar refractivity (Wildman–Crippen MR) is 62.1 cm³/mol. The van der Waals surface area contributed by atoms with Crippen molar-refractivity contribution in [1.82, 2.24) is 5.32 Å². The molecule has 1 unspecified atom stereocenters. The molecular formula is C13H17NO2. The van der Waals surface area contributed by atoms with Crippen molar-refractivity contribution in [3.05, 3.63) is 35.9 Å². The highest BCUT2D eigenvalue weighted by atomic mass is 16.3. The summed E-state index contributed by atoms with van der Waals surface area (Å²) >= 11 is 0. The SMILES string of the molecule is CC(O)(CNC(=O)c1ccccc1)C1CC1. The first kappa shape index (κ1) is 11.1. The molecule has 0 saturated heterocycles. The van der Waals surface area contributed by atoms with Crippen LogP contribution in [0.25, 0.3) is 0 Å². The number of benzene rings is 1. The molecule has 0 spiro atoms. The molecule has 1 saturated carbocycles. The van der Waals surface area contributed by atoms with E-state index in [4.69, 9.17) is 0 Å². The van der Waals surface area contributed by atoms with E-state index in [0.717, 1.165) is 12.8 Å². The van der Waals surface area contributed by atoms with Crippen molar-refractivity contribution in [3.8, 4) is 0 Å². The van der Waals surface area contributed by atoms with Gasteiger partial charge in [-0.1, -0.05) is 18.2 Å². The van der Waals surface area contributed by atoms with Crippen molar-refractivity contribution in [2.75, 3.05) is 6.54 Å². The Balaban J connectivity index is 1.88. The van der Waals surface area contributed by atoms with Crippen molar-refractivity contribution in [2.45, 2.75) is 25.4 Å². The summed E-state index contributed by atoms with van der Waals surface area (Å²) in [6.45, 7) is 2.11. The maximum atomic E-state index is 11.7. The lowest BCUT2D eigenvalue weighted by Crippen LogP contribution is -2.42. The van der Waals surface area contributed by atoms with Gasteiger partial charge in [-0.2, -0.15) is 0 Å². The average Bonchev–Trinajstić information content (AvgIpc) is 3.11. The van der Waals surface area contributed by atoms with Crippen molar-refractivity contribution >= 4 is 5.91 Å². The highest BCUT2D eigenvalue weighted by Crippen LogP contribution is 2.38. The summed E-state index contributed by atoms with van der Waals surface area (Å²) in [6, 6.07) is 9.06. The summed E-state index contributed by atoms with van der Waals surface area (Å²) in [5, 5.41) is 12.8. The van der Waals surface area contributed by atoms with E-state index >= 15 is 0 Å². The van der Waals surface area contributed by atoms with Gasteiger partial charge in [-0.05, 0) is 37.8 Å². The number of carbonyl (C=O) groups excluding carboxylic acids is 1. The molecule has 3 heteroatoms. The molecule has 86 valence electrons. The molecule has 0 aromatic heterocycles. The van der Waals surface area contributed by atoms with E-state index in [1.807, 2.05) is 18.2 Å². The third kappa shape index (κ3) is 2.61. The molecule has 2 rings (SSSR count). The lowest BCUT2D eigenvalue weighted by atomic mass is 10.0. The first-order valence-corrected chi connectivity index (χ1v) is 5.65. The van der Waals surface area contributed by atoms with Gasteiger partial charge in [-0.15, -0.1) is 0 Å². The van der Waals surface area contributed by atoms with Gasteiger partial charge in [0.15, 0.2) is 0 Å². The summed E-state index contributed by atoms with van der Waals surface area (Å²) in [4.78, 5) is 11.7. The van der Waals surface area contributed by atoms with Crippen LogP contribution in [0.2, 0.25) is 0 Å². The molecule has 2 N–H and O–H groups in total. The fourth-order valence-corrected chi connectivity index (χ4v) is 1.80. The standard InChI is InChI=1S/C13H17NO2/c1-13(16,11-7-8-11)9-14-12(15)10-5-3-2-4-6-10/h2-6,11,16H,7-9H2,1H3,(H,14,15). The summed E-state index contributed by atoms with van der Waals surface area (Å²) in [5.41, 5.74) is -0.126. The predicted octanol–water partition coefficient (Wildman–Crippen LogP) is 1.58. The number of nitrogens with one attached hydrogen (secondary N) is 1. The maximum absolute atomic E-state index is 11.7. The van der Waals surface area contributed by atoms with Gasteiger partial charge in [0, 0.05) is 12.1 Å². The van der Waals surface area contributed by atoms with Crippen molar-refractivity contribution in [1.29, 1.82) is 0 Å². The van der Waals surface area contributed by atoms with E-state index in [0.29, 0.717) is 18.0 Å². The number of carbonyl (C=O) groups is 1. The van der Waals surface area contributed by atoms with Crippen LogP contribution < -0.4 is 5.32 Å². The number of amides is 1. The van der Waals surface area contributed by atoms with Gasteiger partial charge in [-0.25, -0.2) is 0 Å². The Bertz CT molecular complexity index is 369. The van der Waals surface area contributed by atoms with E-state index in [-0.39, 0.29) is 5.91 Å². The first-order valence-electron chi connectivity index (χ1n) is 5.65. The zero-order valence-corrected chi connectivity index (χ0v) is 9.44. The summed E-state index contributed by atoms with van der Waals surface area (Å²) in [5.74, 6) is 0.227. The molecule has 16 heavy (non-hydrogen) atoms. The second-order valence-electron chi connectivity index (χ2n) is 4.68. The molecule has 1 amide bonds. The highest BCUT2D eigenvalue weighted by Gasteiger charge is 2.39. The van der Waals surface area contributed by atoms with Crippen LogP contribution in [0.1, 0.15) is 30.1 Å². The molecule has 1 aromatic carbocycles. The fraction of sp³-hybridized carbons (Fsp3) is 0.462. The lowest BCUT2D eigenvalue weighted by molar-refractivity contribution is 0.0354. The van der Waals surface area contributed by atoms with Crippen molar-refractivity contribution < 1.29 is 9.90 Å². The van der Waals surface area contributed by atoms with E-state index in [1.165, 1.54) is 0 Å². The Morgan fingerprint density at radius 2 is 2.06 bits per heavy atom. The van der Waals surface area contributed by atoms with E-state index in [9.17, 15) is 9.90 Å². The second kappa shape index (κ2) is 4.26. The van der Waals surface area contributed by atoms with E-state index in [1.54, 1.807) is 19.1 Å². The minimum Gasteiger partial charge on any atom is -0.388 e. The summed E-state index contributed by atoms with van der Waals surface area (Å²) in [6.07, 6.45) is 2.13. The first-order chi connectivity index (χ1) is 7.59. The van der Waals surface area contributed by atoms with Gasteiger partial charge in [0.25, 0.3) is 5.91 Å². The van der Waals surface area contributed by atoms with Gasteiger partial charge in [-0.3, -0.25) is 4.79 Å². The molecule has 1 fully saturated rings. The number of hydrogen-bond donors (Lipinski definition) is 2. The minimum absolute atomic E-state index is 0.124. The summed E-state index contributed by atoms with van der Waals surface area (Å²) < 4.78 is 0. The number of aliphatic hydroxyl groups is 1. The molecule has 3 nitrogen and oxygen atoms in total. The van der Waals surface area contributed by atoms with Crippen molar-refractivity contribution in [3.63, 3.8) is 0 Å². The van der Waals surface area contributed by atoms with Crippen LogP contribution in [0.3, 0.4) is 0 Å². The molecule has 0 aliphatic heterocycles. The largest absolute Gasteiger partial charge is 0.388 e. The van der Waals surface area contributed by atoms with Crippen molar-refractivity contribution in [2.24, 2.45) is 5.92 Å². The van der Waals surface area contributed by atoms with Crippen LogP contribution in [-0.4, -0.2) is 23.2 Å². The lowest BCUT2D eigenvalue weighted by Gasteiger charge is -2.23. The summed E-state index contributed by atoms with van der Waals surface area (Å²) in [7, 11) is 0. The molecule has 1 aromatic rings. The van der Waals surface area contributed by atoms with Gasteiger partial charge in [0.1, 0.15) is 0 Å². The number of rotatable bonds is 4. The van der Waals surface area contributed by atoms with Gasteiger partial charge < -0.3 is 10.4 Å². The quantitative estimate of drug-likeness (QED) is 0.807. The van der Waals surface area contributed by atoms with E-state index < -0.39 is 5.60 Å². The van der Waals surface area contributed by atoms with Crippen LogP contribution in [-0.2, 0) is 0 Å². The van der Waals surface area contributed by atoms with Crippen LogP contribution >= 0.6 is 0 Å². The van der Waals surface area contributed by atoms with Crippen LogP contribution in [0.5, 0.6) is 0 Å². The zero-order valence-electron chi connectivity index (χ0n) is 9.44. The molecule has 1 aliphatic rings. The molecule has 1 atom stereocenters. The Hall–Kier alpha value is -1.35. The third-order valence-corrected chi connectivity index (χ3v) is 3.10. The molecule has 1 aliphatic carbocycles. The molecule has 0 radical (unpaired) electrons. The van der Waals surface area contributed by atoms with Gasteiger partial charge in [0.05, 0.1) is 5.60 Å². The normalized spacial score (nSPS) is 18.9.